The maximum atomic E-state index is 12.6. The molecule has 1 N–H and O–H groups in total. The Bertz CT molecular complexity index is 923. The fraction of sp³-hybridized carbons (Fsp3) is 0.316. The van der Waals surface area contributed by atoms with E-state index in [1.54, 1.807) is 28.9 Å². The number of aromatic hydroxyl groups is 1. The second-order valence-electron chi connectivity index (χ2n) is 6.33. The number of nitrogens with zero attached hydrogens (tertiary/aromatic N) is 4. The van der Waals surface area contributed by atoms with E-state index in [0.29, 0.717) is 31.7 Å². The van der Waals surface area contributed by atoms with Gasteiger partial charge < -0.3 is 19.6 Å². The third-order valence-electron chi connectivity index (χ3n) is 4.56. The Hall–Kier alpha value is -3.69. The van der Waals surface area contributed by atoms with E-state index in [-0.39, 0.29) is 29.6 Å². The first-order valence-electron chi connectivity index (χ1n) is 9.06. The number of pyridine rings is 1. The van der Waals surface area contributed by atoms with Gasteiger partial charge >= 0.3 is 11.7 Å². The van der Waals surface area contributed by atoms with Gasteiger partial charge in [-0.1, -0.05) is 0 Å². The Labute approximate surface area is 166 Å². The molecule has 1 amide bonds. The summed E-state index contributed by atoms with van der Waals surface area (Å²) in [5, 5.41) is 21.0. The number of rotatable bonds is 5. The average Bonchev–Trinajstić information content (AvgIpc) is 2.73. The minimum Gasteiger partial charge on any atom is -0.508 e. The van der Waals surface area contributed by atoms with Gasteiger partial charge in [-0.25, -0.2) is 9.78 Å². The zero-order valence-corrected chi connectivity index (χ0v) is 15.8. The molecule has 3 rings (SSSR count). The van der Waals surface area contributed by atoms with Crippen LogP contribution in [-0.4, -0.2) is 64.6 Å². The van der Waals surface area contributed by atoms with Crippen molar-refractivity contribution in [3.8, 4) is 5.75 Å². The molecule has 1 aromatic carbocycles. The Kier molecular flexibility index (Phi) is 5.91. The molecule has 0 bridgehead atoms. The van der Waals surface area contributed by atoms with Gasteiger partial charge in [0.2, 0.25) is 5.82 Å². The summed E-state index contributed by atoms with van der Waals surface area (Å²) in [6, 6.07) is 7.23. The summed E-state index contributed by atoms with van der Waals surface area (Å²) in [7, 11) is 0. The standard InChI is InChI=1S/C19H20N4O6/c1-2-29-19(26)15-7-8-20-17(16(15)23(27)28)21-9-11-22(12-10-21)18(25)13-3-5-14(24)6-4-13/h3-8,24H,2,9-12H2,1H3. The molecule has 152 valence electrons. The number of anilines is 1. The van der Waals surface area contributed by atoms with Crippen LogP contribution in [0.2, 0.25) is 0 Å². The number of carbonyl (C=O) groups excluding carboxylic acids is 2. The largest absolute Gasteiger partial charge is 0.508 e. The maximum absolute atomic E-state index is 12.6. The number of piperazine rings is 1. The monoisotopic (exact) mass is 400 g/mol. The van der Waals surface area contributed by atoms with Crippen molar-refractivity contribution in [3.63, 3.8) is 0 Å². The summed E-state index contributed by atoms with van der Waals surface area (Å²) >= 11 is 0. The first-order chi connectivity index (χ1) is 13.9. The molecule has 1 saturated heterocycles. The second-order valence-corrected chi connectivity index (χ2v) is 6.33. The molecular formula is C19H20N4O6. The lowest BCUT2D eigenvalue weighted by molar-refractivity contribution is -0.384. The quantitative estimate of drug-likeness (QED) is 0.458. The number of aromatic nitrogens is 1. The fourth-order valence-electron chi connectivity index (χ4n) is 3.14. The van der Waals surface area contributed by atoms with E-state index >= 15 is 0 Å². The van der Waals surface area contributed by atoms with Crippen LogP contribution in [0.3, 0.4) is 0 Å². The number of hydrogen-bond donors (Lipinski definition) is 1. The van der Waals surface area contributed by atoms with Crippen LogP contribution in [0.5, 0.6) is 5.75 Å². The van der Waals surface area contributed by atoms with Crippen LogP contribution in [0.25, 0.3) is 0 Å². The Morgan fingerprint density at radius 3 is 2.41 bits per heavy atom. The minimum atomic E-state index is -0.774. The number of ether oxygens (including phenoxy) is 1. The predicted octanol–water partition coefficient (Wildman–Crippen LogP) is 1.83. The number of hydrogen-bond acceptors (Lipinski definition) is 8. The van der Waals surface area contributed by atoms with Crippen molar-refractivity contribution in [2.24, 2.45) is 0 Å². The van der Waals surface area contributed by atoms with E-state index in [1.165, 1.54) is 24.4 Å². The maximum Gasteiger partial charge on any atom is 0.345 e. The molecule has 29 heavy (non-hydrogen) atoms. The SMILES string of the molecule is CCOC(=O)c1ccnc(N2CCN(C(=O)c3ccc(O)cc3)CC2)c1[N+](=O)[O-]. The molecule has 0 atom stereocenters. The zero-order valence-electron chi connectivity index (χ0n) is 15.8. The number of benzene rings is 1. The summed E-state index contributed by atoms with van der Waals surface area (Å²) in [4.78, 5) is 43.1. The van der Waals surface area contributed by atoms with Crippen LogP contribution in [-0.2, 0) is 4.74 Å². The van der Waals surface area contributed by atoms with Gasteiger partial charge in [0.1, 0.15) is 11.3 Å². The predicted molar refractivity (Wildman–Crippen MR) is 103 cm³/mol. The molecule has 2 aromatic rings. The lowest BCUT2D eigenvalue weighted by atomic mass is 10.1. The highest BCUT2D eigenvalue weighted by atomic mass is 16.6. The second kappa shape index (κ2) is 8.55. The topological polar surface area (TPSA) is 126 Å². The lowest BCUT2D eigenvalue weighted by Gasteiger charge is -2.35. The van der Waals surface area contributed by atoms with Crippen LogP contribution in [0.4, 0.5) is 11.5 Å². The molecule has 10 nitrogen and oxygen atoms in total. The number of phenols is 1. The molecular weight excluding hydrogens is 380 g/mol. The zero-order chi connectivity index (χ0) is 21.0. The molecule has 0 saturated carbocycles. The highest BCUT2D eigenvalue weighted by Gasteiger charge is 2.32. The van der Waals surface area contributed by atoms with Crippen molar-refractivity contribution in [2.75, 3.05) is 37.7 Å². The van der Waals surface area contributed by atoms with Crippen LogP contribution >= 0.6 is 0 Å². The normalized spacial score (nSPS) is 13.8. The molecule has 0 unspecified atom stereocenters. The molecule has 0 aliphatic carbocycles. The van der Waals surface area contributed by atoms with Gasteiger partial charge in [-0.2, -0.15) is 0 Å². The highest BCUT2D eigenvalue weighted by molar-refractivity contribution is 5.96. The first-order valence-corrected chi connectivity index (χ1v) is 9.06. The van der Waals surface area contributed by atoms with Gasteiger partial charge in [-0.3, -0.25) is 14.9 Å². The van der Waals surface area contributed by atoms with E-state index in [9.17, 15) is 24.8 Å². The average molecular weight is 400 g/mol. The van der Waals surface area contributed by atoms with Crippen molar-refractivity contribution in [2.45, 2.75) is 6.92 Å². The number of carbonyl (C=O) groups is 2. The first kappa shape index (κ1) is 20.1. The Morgan fingerprint density at radius 1 is 1.17 bits per heavy atom. The van der Waals surface area contributed by atoms with Crippen LogP contribution in [0.1, 0.15) is 27.6 Å². The van der Waals surface area contributed by atoms with Crippen LogP contribution in [0.15, 0.2) is 36.5 Å². The van der Waals surface area contributed by atoms with Crippen molar-refractivity contribution < 1.29 is 24.4 Å². The van der Waals surface area contributed by atoms with Gasteiger partial charge in [-0.05, 0) is 37.3 Å². The highest BCUT2D eigenvalue weighted by Crippen LogP contribution is 2.31. The van der Waals surface area contributed by atoms with Gasteiger partial charge in [0.25, 0.3) is 5.91 Å². The molecule has 0 radical (unpaired) electrons. The van der Waals surface area contributed by atoms with Gasteiger partial charge in [0.15, 0.2) is 0 Å². The van der Waals surface area contributed by atoms with E-state index in [0.717, 1.165) is 0 Å². The van der Waals surface area contributed by atoms with Gasteiger partial charge in [0.05, 0.1) is 11.5 Å². The molecule has 2 heterocycles. The Morgan fingerprint density at radius 2 is 1.83 bits per heavy atom. The van der Waals surface area contributed by atoms with Crippen LogP contribution < -0.4 is 4.90 Å². The number of phenolic OH excluding ortho intramolecular Hbond substituents is 1. The number of esters is 1. The summed E-state index contributed by atoms with van der Waals surface area (Å²) in [5.41, 5.74) is -0.0987. The van der Waals surface area contributed by atoms with Gasteiger partial charge in [-0.15, -0.1) is 0 Å². The van der Waals surface area contributed by atoms with Crippen LogP contribution in [0, 0.1) is 10.1 Å². The fourth-order valence-corrected chi connectivity index (χ4v) is 3.14. The van der Waals surface area contributed by atoms with E-state index in [4.69, 9.17) is 4.74 Å². The molecule has 10 heteroatoms. The molecule has 0 spiro atoms. The molecule has 1 aliphatic rings. The summed E-state index contributed by atoms with van der Waals surface area (Å²) in [5.74, 6) is -0.806. The lowest BCUT2D eigenvalue weighted by Crippen LogP contribution is -2.49. The number of nitro groups is 1. The van der Waals surface area contributed by atoms with E-state index in [1.807, 2.05) is 0 Å². The Balaban J connectivity index is 1.77. The smallest absolute Gasteiger partial charge is 0.345 e. The number of amides is 1. The van der Waals surface area contributed by atoms with Crippen molar-refractivity contribution in [1.29, 1.82) is 0 Å². The van der Waals surface area contributed by atoms with Crippen molar-refractivity contribution in [3.05, 3.63) is 57.8 Å². The molecule has 1 fully saturated rings. The molecule has 1 aromatic heterocycles. The summed E-state index contributed by atoms with van der Waals surface area (Å²) < 4.78 is 4.91. The third-order valence-corrected chi connectivity index (χ3v) is 4.56. The third kappa shape index (κ3) is 4.26. The van der Waals surface area contributed by atoms with Gasteiger partial charge in [0, 0.05) is 37.9 Å². The molecule has 1 aliphatic heterocycles. The van der Waals surface area contributed by atoms with E-state index < -0.39 is 16.6 Å². The summed E-state index contributed by atoms with van der Waals surface area (Å²) in [6.07, 6.45) is 1.34. The summed E-state index contributed by atoms with van der Waals surface area (Å²) in [6.45, 7) is 3.04. The minimum absolute atomic E-state index is 0.0752. The van der Waals surface area contributed by atoms with Crippen molar-refractivity contribution in [1.82, 2.24) is 9.88 Å². The van der Waals surface area contributed by atoms with E-state index in [2.05, 4.69) is 4.98 Å². The van der Waals surface area contributed by atoms with Crippen molar-refractivity contribution >= 4 is 23.4 Å².